The van der Waals surface area contributed by atoms with Crippen molar-refractivity contribution in [1.82, 2.24) is 0 Å². The van der Waals surface area contributed by atoms with Gasteiger partial charge in [-0.25, -0.2) is 9.96 Å². The van der Waals surface area contributed by atoms with Gasteiger partial charge in [0.1, 0.15) is 5.92 Å². The molecule has 1 N–H and O–H groups in total. The van der Waals surface area contributed by atoms with Crippen LogP contribution in [-0.2, 0) is 14.4 Å². The number of amides is 2. The predicted octanol–water partition coefficient (Wildman–Crippen LogP) is 4.15. The first kappa shape index (κ1) is 21.0. The van der Waals surface area contributed by atoms with Crippen molar-refractivity contribution in [2.75, 3.05) is 16.6 Å². The number of carbonyl (C=O) groups excluding carboxylic acids is 2. The second-order valence-electron chi connectivity index (χ2n) is 8.17. The number of aromatic hydroxyl groups is 1. The second kappa shape index (κ2) is 8.26. The molecule has 3 atom stereocenters. The van der Waals surface area contributed by atoms with Gasteiger partial charge in [0.2, 0.25) is 5.91 Å². The molecule has 7 nitrogen and oxygen atoms in total. The second-order valence-corrected chi connectivity index (χ2v) is 8.17. The topological polar surface area (TPSA) is 79.3 Å². The number of carbonyl (C=O) groups is 2. The van der Waals surface area contributed by atoms with Crippen LogP contribution in [0, 0.1) is 12.8 Å². The smallest absolute Gasteiger partial charge is 0.266 e. The molecule has 33 heavy (non-hydrogen) atoms. The van der Waals surface area contributed by atoms with Crippen molar-refractivity contribution >= 4 is 23.2 Å². The summed E-state index contributed by atoms with van der Waals surface area (Å²) in [6, 6.07) is 21.0. The molecule has 0 aromatic heterocycles. The number of imide groups is 1. The van der Waals surface area contributed by atoms with Gasteiger partial charge < -0.3 is 9.84 Å². The number of phenols is 1. The maximum absolute atomic E-state index is 13.6. The lowest BCUT2D eigenvalue weighted by atomic mass is 9.90. The van der Waals surface area contributed by atoms with Gasteiger partial charge in [-0.15, -0.1) is 0 Å². The molecular weight excluding hydrogens is 420 g/mol. The minimum absolute atomic E-state index is 0.0115. The van der Waals surface area contributed by atoms with E-state index in [2.05, 4.69) is 0 Å². The fraction of sp³-hybridized carbons (Fsp3) is 0.231. The number of ether oxygens (including phenoxy) is 1. The molecule has 5 rings (SSSR count). The summed E-state index contributed by atoms with van der Waals surface area (Å²) in [5.74, 6) is -1.13. The van der Waals surface area contributed by atoms with Crippen molar-refractivity contribution in [1.29, 1.82) is 0 Å². The molecule has 0 unspecified atom stereocenters. The SMILES string of the molecule is CCOc1cc([C@@H]2[C@H]3C(=O)N(c4ccc(C)cc4)C(=O)[C@H]3ON2c2ccccc2)ccc1O. The number of hydroxylamine groups is 1. The Morgan fingerprint density at radius 1 is 0.939 bits per heavy atom. The monoisotopic (exact) mass is 444 g/mol. The van der Waals surface area contributed by atoms with E-state index in [1.807, 2.05) is 56.3 Å². The molecular formula is C26H24N2O5. The fourth-order valence-electron chi connectivity index (χ4n) is 4.49. The number of rotatable bonds is 5. The molecule has 0 radical (unpaired) electrons. The molecule has 0 saturated carbocycles. The lowest BCUT2D eigenvalue weighted by Gasteiger charge is -2.29. The highest BCUT2D eigenvalue weighted by Gasteiger charge is 2.60. The van der Waals surface area contributed by atoms with Crippen LogP contribution in [0.2, 0.25) is 0 Å². The first-order valence-corrected chi connectivity index (χ1v) is 10.9. The van der Waals surface area contributed by atoms with Crippen LogP contribution in [0.15, 0.2) is 72.8 Å². The molecule has 2 aliphatic rings. The van der Waals surface area contributed by atoms with Gasteiger partial charge >= 0.3 is 0 Å². The van der Waals surface area contributed by atoms with Gasteiger partial charge in [0.05, 0.1) is 24.0 Å². The van der Waals surface area contributed by atoms with Crippen molar-refractivity contribution in [2.24, 2.45) is 5.92 Å². The van der Waals surface area contributed by atoms with Gasteiger partial charge in [0, 0.05) is 0 Å². The van der Waals surface area contributed by atoms with Crippen LogP contribution in [0.25, 0.3) is 0 Å². The number of nitrogens with zero attached hydrogens (tertiary/aromatic N) is 2. The zero-order valence-electron chi connectivity index (χ0n) is 18.3. The van der Waals surface area contributed by atoms with Gasteiger partial charge in [-0.2, -0.15) is 0 Å². The minimum Gasteiger partial charge on any atom is -0.504 e. The Labute approximate surface area is 191 Å². The fourth-order valence-corrected chi connectivity index (χ4v) is 4.49. The Morgan fingerprint density at radius 2 is 1.67 bits per heavy atom. The highest BCUT2D eigenvalue weighted by molar-refractivity contribution is 6.23. The van der Waals surface area contributed by atoms with E-state index in [1.54, 1.807) is 29.3 Å². The predicted molar refractivity (Wildman–Crippen MR) is 123 cm³/mol. The van der Waals surface area contributed by atoms with Gasteiger partial charge in [0.25, 0.3) is 5.91 Å². The molecule has 3 aromatic rings. The van der Waals surface area contributed by atoms with Gasteiger partial charge in [-0.3, -0.25) is 14.4 Å². The van der Waals surface area contributed by atoms with Crippen LogP contribution in [0.5, 0.6) is 11.5 Å². The van der Waals surface area contributed by atoms with E-state index in [1.165, 1.54) is 11.0 Å². The molecule has 0 aliphatic carbocycles. The van der Waals surface area contributed by atoms with Crippen LogP contribution in [-0.4, -0.2) is 29.6 Å². The van der Waals surface area contributed by atoms with Crippen molar-refractivity contribution in [3.8, 4) is 11.5 Å². The van der Waals surface area contributed by atoms with Gasteiger partial charge in [-0.1, -0.05) is 42.0 Å². The third kappa shape index (κ3) is 3.50. The Hall–Kier alpha value is -3.84. The number of fused-ring (bicyclic) bond motifs is 1. The quantitative estimate of drug-likeness (QED) is 0.596. The van der Waals surface area contributed by atoms with Crippen LogP contribution >= 0.6 is 0 Å². The Morgan fingerprint density at radius 3 is 2.36 bits per heavy atom. The summed E-state index contributed by atoms with van der Waals surface area (Å²) in [4.78, 5) is 34.3. The van der Waals surface area contributed by atoms with Gasteiger partial charge in [-0.05, 0) is 55.8 Å². The van der Waals surface area contributed by atoms with Crippen LogP contribution in [0.1, 0.15) is 24.1 Å². The average molecular weight is 444 g/mol. The van der Waals surface area contributed by atoms with E-state index in [-0.39, 0.29) is 17.6 Å². The summed E-state index contributed by atoms with van der Waals surface area (Å²) in [7, 11) is 0. The highest BCUT2D eigenvalue weighted by atomic mass is 16.7. The third-order valence-corrected chi connectivity index (χ3v) is 6.04. The van der Waals surface area contributed by atoms with Crippen LogP contribution < -0.4 is 14.7 Å². The number of hydrogen-bond acceptors (Lipinski definition) is 6. The zero-order valence-corrected chi connectivity index (χ0v) is 18.3. The van der Waals surface area contributed by atoms with Crippen molar-refractivity contribution < 1.29 is 24.3 Å². The Kier molecular flexibility index (Phi) is 5.26. The van der Waals surface area contributed by atoms with Crippen molar-refractivity contribution in [3.63, 3.8) is 0 Å². The van der Waals surface area contributed by atoms with E-state index in [9.17, 15) is 14.7 Å². The summed E-state index contributed by atoms with van der Waals surface area (Å²) in [6.45, 7) is 4.16. The maximum Gasteiger partial charge on any atom is 0.266 e. The Bertz CT molecular complexity index is 1200. The summed E-state index contributed by atoms with van der Waals surface area (Å²) < 4.78 is 5.57. The zero-order chi connectivity index (χ0) is 23.1. The molecule has 3 aromatic carbocycles. The summed E-state index contributed by atoms with van der Waals surface area (Å²) in [5.41, 5.74) is 3.00. The maximum atomic E-state index is 13.6. The summed E-state index contributed by atoms with van der Waals surface area (Å²) in [5, 5.41) is 11.8. The van der Waals surface area contributed by atoms with Crippen molar-refractivity contribution in [3.05, 3.63) is 83.9 Å². The van der Waals surface area contributed by atoms with E-state index in [0.717, 1.165) is 11.3 Å². The van der Waals surface area contributed by atoms with Crippen LogP contribution in [0.3, 0.4) is 0 Å². The summed E-state index contributed by atoms with van der Waals surface area (Å²) >= 11 is 0. The standard InChI is InChI=1S/C26H24N2O5/c1-3-32-21-15-17(11-14-20(21)29)23-22-24(33-28(23)19-7-5-4-6-8-19)26(31)27(25(22)30)18-12-9-16(2)10-13-18/h4-15,22-24,29H,3H2,1-2H3/t22-,23-,24+/m1/s1. The van der Waals surface area contributed by atoms with Crippen molar-refractivity contribution in [2.45, 2.75) is 26.0 Å². The van der Waals surface area contributed by atoms with E-state index in [0.29, 0.717) is 23.6 Å². The molecule has 0 spiro atoms. The van der Waals surface area contributed by atoms with E-state index >= 15 is 0 Å². The first-order chi connectivity index (χ1) is 16.0. The molecule has 2 saturated heterocycles. The first-order valence-electron chi connectivity index (χ1n) is 10.9. The molecule has 0 bridgehead atoms. The number of para-hydroxylation sites is 1. The third-order valence-electron chi connectivity index (χ3n) is 6.04. The molecule has 168 valence electrons. The number of aryl methyl sites for hydroxylation is 1. The van der Waals surface area contributed by atoms with Crippen LogP contribution in [0.4, 0.5) is 11.4 Å². The number of phenolic OH excluding ortho intramolecular Hbond substituents is 1. The average Bonchev–Trinajstić information content (AvgIpc) is 3.33. The number of hydrogen-bond donors (Lipinski definition) is 1. The van der Waals surface area contributed by atoms with Gasteiger partial charge in [0.15, 0.2) is 17.6 Å². The number of benzene rings is 3. The molecule has 2 amide bonds. The number of anilines is 2. The van der Waals surface area contributed by atoms with E-state index < -0.39 is 18.1 Å². The molecule has 2 fully saturated rings. The lowest BCUT2D eigenvalue weighted by Crippen LogP contribution is -2.37. The highest BCUT2D eigenvalue weighted by Crippen LogP contribution is 2.48. The Balaban J connectivity index is 1.59. The summed E-state index contributed by atoms with van der Waals surface area (Å²) in [6.07, 6.45) is -0.951. The lowest BCUT2D eigenvalue weighted by molar-refractivity contribution is -0.126. The molecule has 7 heteroatoms. The normalized spacial score (nSPS) is 22.1. The van der Waals surface area contributed by atoms with E-state index in [4.69, 9.17) is 9.57 Å². The largest absolute Gasteiger partial charge is 0.504 e. The molecule has 2 aliphatic heterocycles. The minimum atomic E-state index is -0.951. The molecule has 2 heterocycles.